The summed E-state index contributed by atoms with van der Waals surface area (Å²) < 4.78 is 12.9. The van der Waals surface area contributed by atoms with Crippen LogP contribution < -0.4 is 11.1 Å². The summed E-state index contributed by atoms with van der Waals surface area (Å²) in [5.41, 5.74) is 6.92. The molecule has 0 aliphatic heterocycles. The summed E-state index contributed by atoms with van der Waals surface area (Å²) in [4.78, 5) is 0. The van der Waals surface area contributed by atoms with E-state index < -0.39 is 0 Å². The number of nitrogens with one attached hydrogen (secondary N) is 1. The van der Waals surface area contributed by atoms with E-state index in [0.717, 1.165) is 24.4 Å². The third kappa shape index (κ3) is 2.83. The van der Waals surface area contributed by atoms with Gasteiger partial charge in [0.15, 0.2) is 0 Å². The molecule has 0 heterocycles. The average Bonchev–Trinajstić information content (AvgIpc) is 2.37. The molecule has 3 heteroatoms. The van der Waals surface area contributed by atoms with Gasteiger partial charge in [-0.05, 0) is 55.4 Å². The van der Waals surface area contributed by atoms with Crippen molar-refractivity contribution in [3.63, 3.8) is 0 Å². The molecule has 1 aliphatic carbocycles. The van der Waals surface area contributed by atoms with Crippen molar-refractivity contribution in [2.45, 2.75) is 38.6 Å². The maximum atomic E-state index is 12.9. The molecule has 1 fully saturated rings. The Morgan fingerprint density at radius 2 is 1.94 bits per heavy atom. The highest BCUT2D eigenvalue weighted by Gasteiger charge is 2.36. The Labute approximate surface area is 109 Å². The molecule has 0 saturated heterocycles. The molecule has 3 unspecified atom stereocenters. The molecule has 100 valence electrons. The lowest BCUT2D eigenvalue weighted by Crippen LogP contribution is -2.50. The molecule has 0 bridgehead atoms. The first-order chi connectivity index (χ1) is 8.54. The first-order valence-corrected chi connectivity index (χ1v) is 6.78. The lowest BCUT2D eigenvalue weighted by atomic mass is 9.71. The monoisotopic (exact) mass is 250 g/mol. The van der Waals surface area contributed by atoms with Crippen LogP contribution in [0.5, 0.6) is 0 Å². The first-order valence-electron chi connectivity index (χ1n) is 6.78. The molecule has 1 aliphatic rings. The molecular formula is C15H23FN2. The maximum Gasteiger partial charge on any atom is 0.123 e. The van der Waals surface area contributed by atoms with Gasteiger partial charge in [0.1, 0.15) is 5.82 Å². The molecular weight excluding hydrogens is 227 g/mol. The summed E-state index contributed by atoms with van der Waals surface area (Å²) in [5, 5.41) is 3.53. The van der Waals surface area contributed by atoms with E-state index in [9.17, 15) is 4.39 Å². The maximum absolute atomic E-state index is 12.9. The number of hydrogen-bond acceptors (Lipinski definition) is 2. The summed E-state index contributed by atoms with van der Waals surface area (Å²) >= 11 is 0. The van der Waals surface area contributed by atoms with Gasteiger partial charge in [-0.25, -0.2) is 4.39 Å². The lowest BCUT2D eigenvalue weighted by molar-refractivity contribution is 0.196. The fourth-order valence-corrected chi connectivity index (χ4v) is 2.90. The van der Waals surface area contributed by atoms with Gasteiger partial charge < -0.3 is 11.1 Å². The van der Waals surface area contributed by atoms with Crippen LogP contribution in [0.15, 0.2) is 24.3 Å². The van der Waals surface area contributed by atoms with Gasteiger partial charge in [0.05, 0.1) is 0 Å². The van der Waals surface area contributed by atoms with E-state index in [-0.39, 0.29) is 11.4 Å². The topological polar surface area (TPSA) is 38.0 Å². The Balaban J connectivity index is 2.11. The number of halogens is 1. The predicted molar refractivity (Wildman–Crippen MR) is 74.0 cm³/mol. The van der Waals surface area contributed by atoms with Gasteiger partial charge in [-0.2, -0.15) is 0 Å². The molecule has 0 amide bonds. The van der Waals surface area contributed by atoms with Gasteiger partial charge in [0.2, 0.25) is 0 Å². The van der Waals surface area contributed by atoms with E-state index in [0.29, 0.717) is 12.5 Å². The minimum absolute atomic E-state index is 0.0241. The van der Waals surface area contributed by atoms with E-state index in [4.69, 9.17) is 5.73 Å². The van der Waals surface area contributed by atoms with E-state index in [1.807, 2.05) is 0 Å². The highest BCUT2D eigenvalue weighted by Crippen LogP contribution is 2.37. The van der Waals surface area contributed by atoms with Gasteiger partial charge >= 0.3 is 0 Å². The first kappa shape index (κ1) is 13.3. The number of benzene rings is 1. The third-order valence-electron chi connectivity index (χ3n) is 4.41. The smallest absolute Gasteiger partial charge is 0.123 e. The second-order valence-electron chi connectivity index (χ2n) is 5.81. The molecule has 3 atom stereocenters. The van der Waals surface area contributed by atoms with Crippen LogP contribution >= 0.6 is 0 Å². The zero-order valence-electron chi connectivity index (χ0n) is 11.2. The Morgan fingerprint density at radius 1 is 1.28 bits per heavy atom. The van der Waals surface area contributed by atoms with Crippen molar-refractivity contribution < 1.29 is 4.39 Å². The van der Waals surface area contributed by atoms with Crippen molar-refractivity contribution in [2.75, 3.05) is 11.9 Å². The fraction of sp³-hybridized carbons (Fsp3) is 0.600. The fourth-order valence-electron chi connectivity index (χ4n) is 2.90. The average molecular weight is 250 g/mol. The van der Waals surface area contributed by atoms with E-state index >= 15 is 0 Å². The minimum Gasteiger partial charge on any atom is -0.378 e. The number of hydrogen-bond donors (Lipinski definition) is 2. The van der Waals surface area contributed by atoms with Crippen LogP contribution in [0.1, 0.15) is 33.1 Å². The molecule has 18 heavy (non-hydrogen) atoms. The van der Waals surface area contributed by atoms with Crippen LogP contribution in [0.3, 0.4) is 0 Å². The molecule has 1 aromatic rings. The van der Waals surface area contributed by atoms with Crippen molar-refractivity contribution in [1.29, 1.82) is 0 Å². The summed E-state index contributed by atoms with van der Waals surface area (Å²) in [6.07, 6.45) is 3.38. The van der Waals surface area contributed by atoms with Gasteiger partial charge in [-0.1, -0.05) is 13.8 Å². The lowest BCUT2D eigenvalue weighted by Gasteiger charge is -2.43. The van der Waals surface area contributed by atoms with E-state index in [1.54, 1.807) is 12.1 Å². The van der Waals surface area contributed by atoms with Crippen LogP contribution in [0.4, 0.5) is 10.1 Å². The van der Waals surface area contributed by atoms with Crippen molar-refractivity contribution >= 4 is 5.69 Å². The highest BCUT2D eigenvalue weighted by molar-refractivity contribution is 5.45. The molecule has 2 rings (SSSR count). The summed E-state index contributed by atoms with van der Waals surface area (Å²) in [6, 6.07) is 6.55. The molecule has 0 spiro atoms. The van der Waals surface area contributed by atoms with Crippen molar-refractivity contribution in [1.82, 2.24) is 0 Å². The summed E-state index contributed by atoms with van der Waals surface area (Å²) in [7, 11) is 0. The summed E-state index contributed by atoms with van der Waals surface area (Å²) in [6.45, 7) is 5.23. The minimum atomic E-state index is -0.201. The normalized spacial score (nSPS) is 32.2. The van der Waals surface area contributed by atoms with Crippen molar-refractivity contribution in [3.05, 3.63) is 30.1 Å². The van der Waals surface area contributed by atoms with E-state index in [1.165, 1.54) is 18.6 Å². The molecule has 3 N–H and O–H groups in total. The Kier molecular flexibility index (Phi) is 3.91. The third-order valence-corrected chi connectivity index (χ3v) is 4.41. The Bertz CT molecular complexity index is 390. The zero-order valence-corrected chi connectivity index (χ0v) is 11.2. The van der Waals surface area contributed by atoms with Crippen molar-refractivity contribution in [3.8, 4) is 0 Å². The zero-order chi connectivity index (χ0) is 13.2. The quantitative estimate of drug-likeness (QED) is 0.863. The van der Waals surface area contributed by atoms with Crippen LogP contribution in [-0.2, 0) is 0 Å². The standard InChI is InChI=1S/C15H23FN2/c1-11-7-8-15(10-17,9-12(11)2)18-14-5-3-13(16)4-6-14/h3-6,11-12,18H,7-10,17H2,1-2H3. The van der Waals surface area contributed by atoms with Crippen LogP contribution in [0.2, 0.25) is 0 Å². The number of rotatable bonds is 3. The van der Waals surface area contributed by atoms with Crippen LogP contribution in [-0.4, -0.2) is 12.1 Å². The van der Waals surface area contributed by atoms with Crippen molar-refractivity contribution in [2.24, 2.45) is 17.6 Å². The predicted octanol–water partition coefficient (Wildman–Crippen LogP) is 3.39. The molecule has 1 saturated carbocycles. The van der Waals surface area contributed by atoms with Gasteiger partial charge in [-0.15, -0.1) is 0 Å². The second-order valence-corrected chi connectivity index (χ2v) is 5.81. The van der Waals surface area contributed by atoms with Gasteiger partial charge in [-0.3, -0.25) is 0 Å². The number of anilines is 1. The second kappa shape index (κ2) is 5.27. The summed E-state index contributed by atoms with van der Waals surface area (Å²) in [5.74, 6) is 1.24. The molecule has 2 nitrogen and oxygen atoms in total. The SMILES string of the molecule is CC1CCC(CN)(Nc2ccc(F)cc2)CC1C. The largest absolute Gasteiger partial charge is 0.378 e. The van der Waals surface area contributed by atoms with Crippen LogP contribution in [0.25, 0.3) is 0 Å². The van der Waals surface area contributed by atoms with E-state index in [2.05, 4.69) is 19.2 Å². The molecule has 0 radical (unpaired) electrons. The Hall–Kier alpha value is -1.09. The Morgan fingerprint density at radius 3 is 2.50 bits per heavy atom. The molecule has 1 aromatic carbocycles. The molecule has 0 aromatic heterocycles. The van der Waals surface area contributed by atoms with Gasteiger partial charge in [0.25, 0.3) is 0 Å². The highest BCUT2D eigenvalue weighted by atomic mass is 19.1. The number of nitrogens with two attached hydrogens (primary N) is 1. The van der Waals surface area contributed by atoms with Gasteiger partial charge in [0, 0.05) is 17.8 Å². The van der Waals surface area contributed by atoms with Crippen LogP contribution in [0, 0.1) is 17.7 Å².